The molecule has 0 aromatic carbocycles. The van der Waals surface area contributed by atoms with Crippen LogP contribution in [0.3, 0.4) is 0 Å². The Morgan fingerprint density at radius 2 is 1.81 bits per heavy atom. The molecule has 2 fully saturated rings. The van der Waals surface area contributed by atoms with Gasteiger partial charge >= 0.3 is 0 Å². The van der Waals surface area contributed by atoms with Gasteiger partial charge in [-0.3, -0.25) is 9.36 Å². The van der Waals surface area contributed by atoms with Crippen molar-refractivity contribution in [1.82, 2.24) is 28.7 Å². The van der Waals surface area contributed by atoms with Crippen LogP contribution >= 0.6 is 0 Å². The summed E-state index contributed by atoms with van der Waals surface area (Å²) in [5.41, 5.74) is 0. The highest BCUT2D eigenvalue weighted by atomic mass is 32.2. The third kappa shape index (κ3) is 3.65. The molecule has 2 saturated heterocycles. The van der Waals surface area contributed by atoms with Gasteiger partial charge in [0.2, 0.25) is 15.9 Å². The molecule has 2 aromatic heterocycles. The van der Waals surface area contributed by atoms with Crippen molar-refractivity contribution in [1.29, 1.82) is 0 Å². The number of hydrogen-bond donors (Lipinski definition) is 0. The van der Waals surface area contributed by atoms with Crippen LogP contribution in [0.2, 0.25) is 0 Å². The van der Waals surface area contributed by atoms with E-state index < -0.39 is 10.0 Å². The predicted octanol–water partition coefficient (Wildman–Crippen LogP) is -0.798. The van der Waals surface area contributed by atoms with Crippen LogP contribution in [0.5, 0.6) is 0 Å². The van der Waals surface area contributed by atoms with Gasteiger partial charge in [0.05, 0.1) is 12.2 Å². The molecule has 4 heterocycles. The zero-order chi connectivity index (χ0) is 19.0. The molecular weight excluding hydrogens is 370 g/mol. The highest BCUT2D eigenvalue weighted by Gasteiger charge is 2.37. The fraction of sp³-hybridized carbons (Fsp3) is 0.500. The maximum atomic E-state index is 12.7. The molecular formula is C16H21N7O3S. The van der Waals surface area contributed by atoms with Gasteiger partial charge in [0.15, 0.2) is 0 Å². The van der Waals surface area contributed by atoms with Crippen molar-refractivity contribution < 1.29 is 13.2 Å². The third-order valence-electron chi connectivity index (χ3n) is 4.98. The number of piperazine rings is 1. The minimum atomic E-state index is -3.19. The van der Waals surface area contributed by atoms with Crippen molar-refractivity contribution in [2.75, 3.05) is 50.4 Å². The van der Waals surface area contributed by atoms with E-state index in [0.717, 1.165) is 11.6 Å². The normalized spacial score (nSPS) is 19.1. The standard InChI is InChI=1S/C16H21N7O3S/c1-27(25,26)23-6-4-20(5-7-23)16(24)13-9-22(10-13)15-8-14(18-11-19-15)21-3-2-17-12-21/h2-3,8,11-13H,4-7,9-10H2,1H3. The number of carbonyl (C=O) groups excluding carboxylic acids is 1. The number of rotatable bonds is 4. The first-order valence-electron chi connectivity index (χ1n) is 8.71. The summed E-state index contributed by atoms with van der Waals surface area (Å²) in [6.07, 6.45) is 7.87. The summed E-state index contributed by atoms with van der Waals surface area (Å²) in [6.45, 7) is 2.82. The monoisotopic (exact) mass is 391 g/mol. The lowest BCUT2D eigenvalue weighted by Gasteiger charge is -2.43. The molecule has 2 aliphatic rings. The summed E-state index contributed by atoms with van der Waals surface area (Å²) in [5.74, 6) is 1.51. The van der Waals surface area contributed by atoms with E-state index in [-0.39, 0.29) is 11.8 Å². The fourth-order valence-electron chi connectivity index (χ4n) is 3.37. The van der Waals surface area contributed by atoms with Gasteiger partial charge in [-0.15, -0.1) is 0 Å². The topological polar surface area (TPSA) is 105 Å². The second kappa shape index (κ2) is 6.89. The van der Waals surface area contributed by atoms with Crippen LogP contribution in [-0.4, -0.2) is 88.6 Å². The smallest absolute Gasteiger partial charge is 0.229 e. The Morgan fingerprint density at radius 1 is 1.11 bits per heavy atom. The van der Waals surface area contributed by atoms with Crippen molar-refractivity contribution in [3.8, 4) is 5.82 Å². The molecule has 0 atom stereocenters. The van der Waals surface area contributed by atoms with Crippen LogP contribution < -0.4 is 4.90 Å². The number of nitrogens with zero attached hydrogens (tertiary/aromatic N) is 7. The minimum Gasteiger partial charge on any atom is -0.355 e. The second-order valence-corrected chi connectivity index (χ2v) is 8.78. The molecule has 0 unspecified atom stereocenters. The van der Waals surface area contributed by atoms with E-state index >= 15 is 0 Å². The van der Waals surface area contributed by atoms with Gasteiger partial charge < -0.3 is 9.80 Å². The van der Waals surface area contributed by atoms with E-state index in [4.69, 9.17) is 0 Å². The number of sulfonamides is 1. The predicted molar refractivity (Wildman–Crippen MR) is 97.9 cm³/mol. The first-order chi connectivity index (χ1) is 12.9. The lowest BCUT2D eigenvalue weighted by Crippen LogP contribution is -2.58. The highest BCUT2D eigenvalue weighted by Crippen LogP contribution is 2.25. The van der Waals surface area contributed by atoms with Gasteiger partial charge in [0.1, 0.15) is 24.3 Å². The fourth-order valence-corrected chi connectivity index (χ4v) is 4.19. The Labute approximate surface area is 157 Å². The maximum Gasteiger partial charge on any atom is 0.229 e. The Morgan fingerprint density at radius 3 is 2.44 bits per heavy atom. The molecule has 2 aromatic rings. The van der Waals surface area contributed by atoms with Crippen molar-refractivity contribution in [3.63, 3.8) is 0 Å². The molecule has 0 saturated carbocycles. The molecule has 0 aliphatic carbocycles. The number of amides is 1. The van der Waals surface area contributed by atoms with Crippen LogP contribution in [0, 0.1) is 5.92 Å². The van der Waals surface area contributed by atoms with Gasteiger partial charge in [0.25, 0.3) is 0 Å². The van der Waals surface area contributed by atoms with E-state index in [0.29, 0.717) is 39.3 Å². The zero-order valence-electron chi connectivity index (χ0n) is 15.0. The molecule has 0 spiro atoms. The molecule has 10 nitrogen and oxygen atoms in total. The lowest BCUT2D eigenvalue weighted by atomic mass is 9.98. The average molecular weight is 391 g/mol. The average Bonchev–Trinajstić information content (AvgIpc) is 3.15. The Balaban J connectivity index is 1.33. The summed E-state index contributed by atoms with van der Waals surface area (Å²) in [7, 11) is -3.19. The Hall–Kier alpha value is -2.53. The van der Waals surface area contributed by atoms with Crippen molar-refractivity contribution in [2.45, 2.75) is 0 Å². The first kappa shape index (κ1) is 17.9. The number of carbonyl (C=O) groups is 1. The Kier molecular flexibility index (Phi) is 4.56. The molecule has 0 radical (unpaired) electrons. The molecule has 2 aliphatic heterocycles. The van der Waals surface area contributed by atoms with Crippen LogP contribution in [0.4, 0.5) is 5.82 Å². The molecule has 1 amide bonds. The van der Waals surface area contributed by atoms with Gasteiger partial charge in [-0.05, 0) is 0 Å². The second-order valence-electron chi connectivity index (χ2n) is 6.79. The maximum absolute atomic E-state index is 12.7. The van der Waals surface area contributed by atoms with Gasteiger partial charge in [-0.25, -0.2) is 23.4 Å². The quantitative estimate of drug-likeness (QED) is 0.672. The first-order valence-corrected chi connectivity index (χ1v) is 10.6. The molecule has 4 rings (SSSR count). The number of hydrogen-bond acceptors (Lipinski definition) is 7. The number of imidazole rings is 1. The lowest BCUT2D eigenvalue weighted by molar-refractivity contribution is -0.137. The minimum absolute atomic E-state index is 0.0820. The largest absolute Gasteiger partial charge is 0.355 e. The molecule has 27 heavy (non-hydrogen) atoms. The van der Waals surface area contributed by atoms with E-state index in [1.54, 1.807) is 22.0 Å². The van der Waals surface area contributed by atoms with Crippen LogP contribution in [0.1, 0.15) is 0 Å². The van der Waals surface area contributed by atoms with Crippen LogP contribution in [0.15, 0.2) is 31.1 Å². The summed E-state index contributed by atoms with van der Waals surface area (Å²) in [6, 6.07) is 1.87. The van der Waals surface area contributed by atoms with Crippen molar-refractivity contribution >= 4 is 21.7 Å². The van der Waals surface area contributed by atoms with Gasteiger partial charge in [-0.1, -0.05) is 0 Å². The summed E-state index contributed by atoms with van der Waals surface area (Å²) < 4.78 is 26.4. The molecule has 144 valence electrons. The summed E-state index contributed by atoms with van der Waals surface area (Å²) in [4.78, 5) is 29.0. The van der Waals surface area contributed by atoms with Crippen molar-refractivity contribution in [3.05, 3.63) is 31.1 Å². The van der Waals surface area contributed by atoms with E-state index in [9.17, 15) is 13.2 Å². The summed E-state index contributed by atoms with van der Waals surface area (Å²) in [5, 5.41) is 0. The SMILES string of the molecule is CS(=O)(=O)N1CCN(C(=O)C2CN(c3cc(-n4ccnc4)ncn3)C2)CC1. The third-order valence-corrected chi connectivity index (χ3v) is 6.28. The van der Waals surface area contributed by atoms with Gasteiger partial charge in [0, 0.05) is 57.7 Å². The zero-order valence-corrected chi connectivity index (χ0v) is 15.8. The van der Waals surface area contributed by atoms with E-state index in [2.05, 4.69) is 15.0 Å². The molecule has 11 heteroatoms. The highest BCUT2D eigenvalue weighted by molar-refractivity contribution is 7.88. The number of anilines is 1. The summed E-state index contributed by atoms with van der Waals surface area (Å²) >= 11 is 0. The van der Waals surface area contributed by atoms with Crippen molar-refractivity contribution in [2.24, 2.45) is 5.92 Å². The molecule has 0 N–H and O–H groups in total. The van der Waals surface area contributed by atoms with E-state index in [1.807, 2.05) is 17.2 Å². The van der Waals surface area contributed by atoms with Crippen LogP contribution in [-0.2, 0) is 14.8 Å². The Bertz CT molecular complexity index is 917. The van der Waals surface area contributed by atoms with Gasteiger partial charge in [-0.2, -0.15) is 4.31 Å². The van der Waals surface area contributed by atoms with E-state index in [1.165, 1.54) is 16.9 Å². The number of aromatic nitrogens is 4. The van der Waals surface area contributed by atoms with Crippen LogP contribution in [0.25, 0.3) is 5.82 Å². The molecule has 0 bridgehead atoms.